The van der Waals surface area contributed by atoms with Gasteiger partial charge in [-0.3, -0.25) is 9.59 Å². The van der Waals surface area contributed by atoms with Crippen molar-refractivity contribution >= 4 is 23.2 Å². The minimum atomic E-state index is -1.11. The number of aliphatic hydroxyl groups is 4. The molecule has 2 aliphatic rings. The van der Waals surface area contributed by atoms with Gasteiger partial charge < -0.3 is 30.6 Å². The van der Waals surface area contributed by atoms with E-state index < -0.39 is 29.8 Å². The van der Waals surface area contributed by atoms with Crippen molar-refractivity contribution in [3.05, 3.63) is 16.6 Å². The van der Waals surface area contributed by atoms with Gasteiger partial charge in [0.2, 0.25) is 11.8 Å². The number of thiazole rings is 1. The van der Waals surface area contributed by atoms with Crippen molar-refractivity contribution in [3.8, 4) is 0 Å². The highest BCUT2D eigenvalue weighted by Crippen LogP contribution is 2.31. The first kappa shape index (κ1) is 33.9. The van der Waals surface area contributed by atoms with Crippen molar-refractivity contribution in [2.45, 2.75) is 128 Å². The number of carbonyl (C=O) groups excluding carboxylic acids is 2. The molecule has 0 spiro atoms. The summed E-state index contributed by atoms with van der Waals surface area (Å²) in [6, 6.07) is -0.621. The summed E-state index contributed by atoms with van der Waals surface area (Å²) >= 11 is 1.42. The summed E-state index contributed by atoms with van der Waals surface area (Å²) in [6.07, 6.45) is 8.75. The van der Waals surface area contributed by atoms with Crippen molar-refractivity contribution in [2.75, 3.05) is 19.7 Å². The average Bonchev–Trinajstić information content (AvgIpc) is 3.45. The lowest BCUT2D eigenvalue weighted by molar-refractivity contribution is -0.141. The first-order valence-corrected chi connectivity index (χ1v) is 16.7. The van der Waals surface area contributed by atoms with Crippen LogP contribution in [0.5, 0.6) is 0 Å². The van der Waals surface area contributed by atoms with Gasteiger partial charge in [0.05, 0.1) is 41.5 Å². The standard InChI is InChI=1S/C31H53N3O6S/c1-22(2)15-27(36)29(38)26(16-23-9-5-3-6-10-23)33-30(39)24(17-25-19-41-21-32-25)18-28(37)34(13-14-35)20-31(40)11-7-4-8-12-31/h19,21-24,26-27,29,35-36,38,40H,3-18,20H2,1-2H3,(H,33,39)/t24-,26+,27+,29-/m1/s1. The zero-order valence-corrected chi connectivity index (χ0v) is 25.9. The smallest absolute Gasteiger partial charge is 0.224 e. The minimum Gasteiger partial charge on any atom is -0.395 e. The van der Waals surface area contributed by atoms with Crippen LogP contribution in [0.25, 0.3) is 0 Å². The normalized spacial score (nSPS) is 20.8. The molecule has 1 aromatic heterocycles. The molecule has 2 fully saturated rings. The molecule has 0 saturated heterocycles. The number of nitrogens with zero attached hydrogens (tertiary/aromatic N) is 2. The summed E-state index contributed by atoms with van der Waals surface area (Å²) < 4.78 is 0. The molecule has 41 heavy (non-hydrogen) atoms. The highest BCUT2D eigenvalue weighted by Gasteiger charge is 2.36. The first-order chi connectivity index (χ1) is 19.6. The zero-order valence-electron chi connectivity index (χ0n) is 25.0. The van der Waals surface area contributed by atoms with Crippen LogP contribution in [0.2, 0.25) is 0 Å². The summed E-state index contributed by atoms with van der Waals surface area (Å²) in [5.74, 6) is -0.821. The van der Waals surface area contributed by atoms with Gasteiger partial charge in [0, 0.05) is 31.3 Å². The van der Waals surface area contributed by atoms with Gasteiger partial charge in [-0.2, -0.15) is 0 Å². The topological polar surface area (TPSA) is 143 Å². The molecule has 234 valence electrons. The summed E-state index contributed by atoms with van der Waals surface area (Å²) in [6.45, 7) is 3.98. The van der Waals surface area contributed by atoms with Crippen LogP contribution < -0.4 is 5.32 Å². The van der Waals surface area contributed by atoms with Gasteiger partial charge in [0.25, 0.3) is 0 Å². The number of nitrogens with one attached hydrogen (secondary N) is 1. The fourth-order valence-electron chi connectivity index (χ4n) is 6.58. The Balaban J connectivity index is 1.76. The third kappa shape index (κ3) is 11.2. The van der Waals surface area contributed by atoms with Crippen LogP contribution in [-0.2, 0) is 16.0 Å². The maximum atomic E-state index is 13.8. The number of aliphatic hydroxyl groups excluding tert-OH is 3. The molecule has 2 amide bonds. The number of rotatable bonds is 16. The molecule has 0 radical (unpaired) electrons. The van der Waals surface area contributed by atoms with Crippen LogP contribution in [-0.4, -0.2) is 85.7 Å². The second kappa shape index (κ2) is 16.9. The van der Waals surface area contributed by atoms with E-state index in [4.69, 9.17) is 0 Å². The Labute approximate surface area is 249 Å². The molecule has 4 atom stereocenters. The maximum absolute atomic E-state index is 13.8. The fourth-order valence-corrected chi connectivity index (χ4v) is 7.15. The van der Waals surface area contributed by atoms with Gasteiger partial charge in [-0.15, -0.1) is 11.3 Å². The quantitative estimate of drug-likeness (QED) is 0.197. The molecular formula is C31H53N3O6S. The number of hydrogen-bond donors (Lipinski definition) is 5. The van der Waals surface area contributed by atoms with E-state index in [0.717, 1.165) is 44.9 Å². The first-order valence-electron chi connectivity index (χ1n) is 15.7. The zero-order chi connectivity index (χ0) is 29.8. The molecule has 1 aromatic rings. The van der Waals surface area contributed by atoms with Crippen LogP contribution in [0.15, 0.2) is 10.9 Å². The lowest BCUT2D eigenvalue weighted by Gasteiger charge is -2.37. The van der Waals surface area contributed by atoms with Crippen LogP contribution in [0.3, 0.4) is 0 Å². The Kier molecular flexibility index (Phi) is 14.0. The summed E-state index contributed by atoms with van der Waals surface area (Å²) in [7, 11) is 0. The lowest BCUT2D eigenvalue weighted by Crippen LogP contribution is -2.52. The molecule has 2 saturated carbocycles. The molecule has 10 heteroatoms. The molecular weight excluding hydrogens is 542 g/mol. The van der Waals surface area contributed by atoms with Gasteiger partial charge in [-0.1, -0.05) is 65.2 Å². The Morgan fingerprint density at radius 3 is 2.41 bits per heavy atom. The number of amides is 2. The molecule has 5 N–H and O–H groups in total. The van der Waals surface area contributed by atoms with Crippen molar-refractivity contribution in [1.29, 1.82) is 0 Å². The number of aromatic nitrogens is 1. The molecule has 0 bridgehead atoms. The Bertz CT molecular complexity index is 902. The van der Waals surface area contributed by atoms with E-state index in [1.54, 1.807) is 5.51 Å². The monoisotopic (exact) mass is 595 g/mol. The van der Waals surface area contributed by atoms with Crippen LogP contribution in [0, 0.1) is 17.8 Å². The third-order valence-electron chi connectivity index (χ3n) is 8.88. The van der Waals surface area contributed by atoms with Crippen molar-refractivity contribution in [2.24, 2.45) is 17.8 Å². The van der Waals surface area contributed by atoms with Crippen LogP contribution in [0.1, 0.15) is 103 Å². The van der Waals surface area contributed by atoms with Crippen molar-refractivity contribution in [1.82, 2.24) is 15.2 Å². The van der Waals surface area contributed by atoms with Crippen molar-refractivity contribution in [3.63, 3.8) is 0 Å². The summed E-state index contributed by atoms with van der Waals surface area (Å²) in [4.78, 5) is 33.3. The second-order valence-electron chi connectivity index (χ2n) is 13.0. The summed E-state index contributed by atoms with van der Waals surface area (Å²) in [5, 5.41) is 47.7. The fraction of sp³-hybridized carbons (Fsp3) is 0.839. The minimum absolute atomic E-state index is 0.0938. The highest BCUT2D eigenvalue weighted by atomic mass is 32.1. The van der Waals surface area contributed by atoms with Gasteiger partial charge in [0.15, 0.2) is 0 Å². The van der Waals surface area contributed by atoms with Gasteiger partial charge in [-0.25, -0.2) is 4.98 Å². The molecule has 0 aliphatic heterocycles. The molecule has 0 aromatic carbocycles. The van der Waals surface area contributed by atoms with E-state index in [-0.39, 0.29) is 50.3 Å². The van der Waals surface area contributed by atoms with E-state index >= 15 is 0 Å². The highest BCUT2D eigenvalue weighted by molar-refractivity contribution is 7.07. The van der Waals surface area contributed by atoms with E-state index in [1.807, 2.05) is 19.2 Å². The largest absolute Gasteiger partial charge is 0.395 e. The Hall–Kier alpha value is -1.59. The average molecular weight is 596 g/mol. The van der Waals surface area contributed by atoms with E-state index in [2.05, 4.69) is 10.3 Å². The van der Waals surface area contributed by atoms with Gasteiger partial charge in [-0.05, 0) is 37.5 Å². The Morgan fingerprint density at radius 2 is 1.80 bits per heavy atom. The Morgan fingerprint density at radius 1 is 1.12 bits per heavy atom. The van der Waals surface area contributed by atoms with Gasteiger partial charge >= 0.3 is 0 Å². The predicted molar refractivity (Wildman–Crippen MR) is 160 cm³/mol. The van der Waals surface area contributed by atoms with E-state index in [1.165, 1.54) is 22.7 Å². The number of carbonyl (C=O) groups is 2. The van der Waals surface area contributed by atoms with Crippen molar-refractivity contribution < 1.29 is 30.0 Å². The molecule has 2 aliphatic carbocycles. The predicted octanol–water partition coefficient (Wildman–Crippen LogP) is 3.43. The second-order valence-corrected chi connectivity index (χ2v) is 13.7. The third-order valence-corrected chi connectivity index (χ3v) is 9.52. The lowest BCUT2D eigenvalue weighted by atomic mass is 9.82. The number of hydrogen-bond acceptors (Lipinski definition) is 8. The van der Waals surface area contributed by atoms with Gasteiger partial charge in [0.1, 0.15) is 6.10 Å². The van der Waals surface area contributed by atoms with Crippen LogP contribution in [0.4, 0.5) is 0 Å². The molecule has 1 heterocycles. The molecule has 3 rings (SSSR count). The SMILES string of the molecule is CC(C)C[C@H](O)[C@H](O)[C@H](CC1CCCCC1)NC(=O)[C@@H](CC(=O)N(CCO)CC1(O)CCCCC1)Cc1cscn1. The molecule has 0 unspecified atom stereocenters. The maximum Gasteiger partial charge on any atom is 0.224 e. The summed E-state index contributed by atoms with van der Waals surface area (Å²) in [5.41, 5.74) is 1.44. The molecule has 9 nitrogen and oxygen atoms in total. The van der Waals surface area contributed by atoms with E-state index in [0.29, 0.717) is 37.3 Å². The van der Waals surface area contributed by atoms with Crippen LogP contribution >= 0.6 is 11.3 Å². The van der Waals surface area contributed by atoms with E-state index in [9.17, 15) is 30.0 Å².